The summed E-state index contributed by atoms with van der Waals surface area (Å²) in [6, 6.07) is 5.33. The smallest absolute Gasteiger partial charge is 0.236 e. The minimum absolute atomic E-state index is 0.231. The van der Waals surface area contributed by atoms with Crippen LogP contribution < -0.4 is 11.1 Å². The van der Waals surface area contributed by atoms with Gasteiger partial charge in [0.1, 0.15) is 5.25 Å². The third-order valence-corrected chi connectivity index (χ3v) is 4.23. The lowest BCUT2D eigenvalue weighted by Crippen LogP contribution is -2.46. The molecule has 1 aromatic carbocycles. The van der Waals surface area contributed by atoms with Crippen molar-refractivity contribution in [3.05, 3.63) is 23.8 Å². The van der Waals surface area contributed by atoms with Crippen LogP contribution in [0.25, 0.3) is 0 Å². The molecule has 1 aromatic rings. The van der Waals surface area contributed by atoms with Crippen molar-refractivity contribution in [2.45, 2.75) is 50.3 Å². The van der Waals surface area contributed by atoms with E-state index in [1.165, 1.54) is 0 Å². The van der Waals surface area contributed by atoms with Crippen LogP contribution in [0.1, 0.15) is 33.3 Å². The number of nitrogens with two attached hydrogens (primary N) is 1. The Morgan fingerprint density at radius 3 is 2.42 bits per heavy atom. The number of amides is 1. The number of hydrogen-bond acceptors (Lipinski definition) is 3. The third kappa shape index (κ3) is 4.35. The van der Waals surface area contributed by atoms with Crippen LogP contribution in [0.4, 0.5) is 5.69 Å². The Morgan fingerprint density at radius 2 is 1.95 bits per heavy atom. The quantitative estimate of drug-likeness (QED) is 0.833. The number of anilines is 1. The number of hydrogen-bond donors (Lipinski definition) is 2. The molecule has 1 amide bonds. The molecule has 2 atom stereocenters. The van der Waals surface area contributed by atoms with Crippen molar-refractivity contribution in [1.29, 1.82) is 0 Å². The number of aryl methyl sites for hydroxylation is 1. The van der Waals surface area contributed by atoms with Crippen LogP contribution in [0.2, 0.25) is 0 Å². The zero-order valence-corrected chi connectivity index (χ0v) is 12.9. The summed E-state index contributed by atoms with van der Waals surface area (Å²) in [6.07, 6.45) is 0. The topological polar surface area (TPSA) is 72.2 Å². The number of nitrogen functional groups attached to an aromatic ring is 1. The van der Waals surface area contributed by atoms with Crippen molar-refractivity contribution in [1.82, 2.24) is 5.32 Å². The van der Waals surface area contributed by atoms with Crippen molar-refractivity contribution in [3.8, 4) is 0 Å². The second kappa shape index (κ2) is 5.74. The molecule has 0 aliphatic heterocycles. The van der Waals surface area contributed by atoms with Gasteiger partial charge in [-0.05, 0) is 52.3 Å². The standard InChI is InChI=1S/C14H22N2O2S/c1-9-6-7-12(11(15)8-9)19(18)10(2)13(17)16-14(3,4)5/h6-8,10H,15H2,1-5H3,(H,16,17). The van der Waals surface area contributed by atoms with Gasteiger partial charge in [-0.25, -0.2) is 0 Å². The molecule has 0 fully saturated rings. The fraction of sp³-hybridized carbons (Fsp3) is 0.500. The van der Waals surface area contributed by atoms with E-state index in [1.54, 1.807) is 19.1 Å². The molecule has 2 unspecified atom stereocenters. The van der Waals surface area contributed by atoms with Gasteiger partial charge in [-0.3, -0.25) is 9.00 Å². The van der Waals surface area contributed by atoms with Crippen LogP contribution in [0, 0.1) is 6.92 Å². The largest absolute Gasteiger partial charge is 0.398 e. The van der Waals surface area contributed by atoms with E-state index in [2.05, 4.69) is 5.32 Å². The first-order valence-electron chi connectivity index (χ1n) is 6.20. The average Bonchev–Trinajstić information content (AvgIpc) is 2.24. The molecule has 0 aliphatic carbocycles. The van der Waals surface area contributed by atoms with E-state index in [1.807, 2.05) is 33.8 Å². The van der Waals surface area contributed by atoms with E-state index >= 15 is 0 Å². The lowest BCUT2D eigenvalue weighted by molar-refractivity contribution is -0.121. The van der Waals surface area contributed by atoms with Crippen LogP contribution in [-0.2, 0) is 15.6 Å². The lowest BCUT2D eigenvalue weighted by atomic mass is 10.1. The van der Waals surface area contributed by atoms with Crippen LogP contribution in [0.3, 0.4) is 0 Å². The Bertz CT molecular complexity index is 507. The zero-order chi connectivity index (χ0) is 14.8. The Kier molecular flexibility index (Phi) is 4.74. The molecule has 0 aliphatic rings. The highest BCUT2D eigenvalue weighted by atomic mass is 32.2. The molecule has 0 heterocycles. The molecule has 106 valence electrons. The summed E-state index contributed by atoms with van der Waals surface area (Å²) >= 11 is 0. The predicted octanol–water partition coefficient (Wildman–Crippen LogP) is 1.99. The van der Waals surface area contributed by atoms with Crippen LogP contribution in [0.15, 0.2) is 23.1 Å². The highest BCUT2D eigenvalue weighted by molar-refractivity contribution is 7.86. The summed E-state index contributed by atoms with van der Waals surface area (Å²) in [7, 11) is -1.45. The van der Waals surface area contributed by atoms with Gasteiger partial charge >= 0.3 is 0 Å². The maximum atomic E-state index is 12.4. The first-order valence-corrected chi connectivity index (χ1v) is 7.42. The van der Waals surface area contributed by atoms with Gasteiger partial charge in [0.05, 0.1) is 15.7 Å². The van der Waals surface area contributed by atoms with E-state index in [0.29, 0.717) is 10.6 Å². The van der Waals surface area contributed by atoms with E-state index in [-0.39, 0.29) is 11.4 Å². The van der Waals surface area contributed by atoms with Crippen molar-refractivity contribution < 1.29 is 9.00 Å². The minimum Gasteiger partial charge on any atom is -0.398 e. The zero-order valence-electron chi connectivity index (χ0n) is 12.1. The fourth-order valence-electron chi connectivity index (χ4n) is 1.61. The SMILES string of the molecule is Cc1ccc(S(=O)C(C)C(=O)NC(C)(C)C)c(N)c1. The molecule has 0 saturated heterocycles. The van der Waals surface area contributed by atoms with Gasteiger partial charge in [0.15, 0.2) is 0 Å². The van der Waals surface area contributed by atoms with Gasteiger partial charge in [0, 0.05) is 11.2 Å². The molecule has 4 nitrogen and oxygen atoms in total. The molecule has 0 aromatic heterocycles. The van der Waals surface area contributed by atoms with Gasteiger partial charge in [0.25, 0.3) is 0 Å². The summed E-state index contributed by atoms with van der Waals surface area (Å²) < 4.78 is 12.4. The fourth-order valence-corrected chi connectivity index (χ4v) is 2.74. The minimum atomic E-state index is -1.45. The van der Waals surface area contributed by atoms with E-state index in [9.17, 15) is 9.00 Å². The normalized spacial score (nSPS) is 14.8. The van der Waals surface area contributed by atoms with Gasteiger partial charge in [-0.15, -0.1) is 0 Å². The van der Waals surface area contributed by atoms with Crippen molar-refractivity contribution in [2.75, 3.05) is 5.73 Å². The second-order valence-corrected chi connectivity index (χ2v) is 7.46. The average molecular weight is 282 g/mol. The summed E-state index contributed by atoms with van der Waals surface area (Å²) in [5, 5.41) is 2.19. The van der Waals surface area contributed by atoms with Gasteiger partial charge in [-0.2, -0.15) is 0 Å². The summed E-state index contributed by atoms with van der Waals surface area (Å²) in [4.78, 5) is 12.5. The molecule has 0 spiro atoms. The maximum absolute atomic E-state index is 12.4. The van der Waals surface area contributed by atoms with Crippen molar-refractivity contribution >= 4 is 22.4 Å². The Labute approximate surface area is 117 Å². The molecule has 0 saturated carbocycles. The molecule has 0 bridgehead atoms. The van der Waals surface area contributed by atoms with Gasteiger partial charge in [-0.1, -0.05) is 6.07 Å². The first-order chi connectivity index (χ1) is 8.61. The van der Waals surface area contributed by atoms with Crippen LogP contribution in [0.5, 0.6) is 0 Å². The number of nitrogens with one attached hydrogen (secondary N) is 1. The summed E-state index contributed by atoms with van der Waals surface area (Å²) in [6.45, 7) is 9.23. The van der Waals surface area contributed by atoms with Crippen LogP contribution >= 0.6 is 0 Å². The summed E-state index contributed by atoms with van der Waals surface area (Å²) in [5.74, 6) is -0.231. The molecular formula is C14H22N2O2S. The Balaban J connectivity index is 2.91. The number of carbonyl (C=O) groups is 1. The first kappa shape index (κ1) is 15.7. The molecule has 19 heavy (non-hydrogen) atoms. The molecule has 3 N–H and O–H groups in total. The molecule has 0 radical (unpaired) electrons. The van der Waals surface area contributed by atoms with E-state index < -0.39 is 16.0 Å². The summed E-state index contributed by atoms with van der Waals surface area (Å²) in [5.41, 5.74) is 6.99. The maximum Gasteiger partial charge on any atom is 0.236 e. The number of carbonyl (C=O) groups excluding carboxylic acids is 1. The monoisotopic (exact) mass is 282 g/mol. The lowest BCUT2D eigenvalue weighted by Gasteiger charge is -2.23. The van der Waals surface area contributed by atoms with Crippen molar-refractivity contribution in [2.24, 2.45) is 0 Å². The molecule has 1 rings (SSSR count). The highest BCUT2D eigenvalue weighted by Gasteiger charge is 2.25. The molecular weight excluding hydrogens is 260 g/mol. The van der Waals surface area contributed by atoms with Crippen LogP contribution in [-0.4, -0.2) is 20.9 Å². The van der Waals surface area contributed by atoms with E-state index in [0.717, 1.165) is 5.56 Å². The highest BCUT2D eigenvalue weighted by Crippen LogP contribution is 2.21. The number of benzene rings is 1. The van der Waals surface area contributed by atoms with Gasteiger partial charge < -0.3 is 11.1 Å². The predicted molar refractivity (Wildman–Crippen MR) is 79.4 cm³/mol. The Morgan fingerprint density at radius 1 is 1.37 bits per heavy atom. The number of rotatable bonds is 3. The van der Waals surface area contributed by atoms with Crippen molar-refractivity contribution in [3.63, 3.8) is 0 Å². The second-order valence-electron chi connectivity index (χ2n) is 5.72. The van der Waals surface area contributed by atoms with E-state index in [4.69, 9.17) is 5.73 Å². The molecule has 5 heteroatoms. The Hall–Kier alpha value is -1.36. The van der Waals surface area contributed by atoms with Gasteiger partial charge in [0.2, 0.25) is 5.91 Å². The third-order valence-electron chi connectivity index (χ3n) is 2.57.